The van der Waals surface area contributed by atoms with Gasteiger partial charge in [0.15, 0.2) is 0 Å². The van der Waals surface area contributed by atoms with E-state index in [1.54, 1.807) is 17.8 Å². The highest BCUT2D eigenvalue weighted by Crippen LogP contribution is 2.05. The topological polar surface area (TPSA) is 61.2 Å². The summed E-state index contributed by atoms with van der Waals surface area (Å²) in [6, 6.07) is 9.57. The molecule has 0 bridgehead atoms. The number of ether oxygens (including phenoxy) is 1. The average molecular weight is 300 g/mol. The van der Waals surface area contributed by atoms with Gasteiger partial charge in [0.1, 0.15) is 18.9 Å². The molecular formula is C17H20N2O3. The number of hydrogen-bond acceptors (Lipinski definition) is 4. The van der Waals surface area contributed by atoms with Crippen molar-refractivity contribution < 1.29 is 14.3 Å². The first-order valence-corrected chi connectivity index (χ1v) is 7.33. The summed E-state index contributed by atoms with van der Waals surface area (Å²) >= 11 is 0. The molecule has 5 nitrogen and oxygen atoms in total. The van der Waals surface area contributed by atoms with Gasteiger partial charge in [-0.15, -0.1) is 0 Å². The third-order valence-electron chi connectivity index (χ3n) is 3.20. The molecule has 0 saturated carbocycles. The molecule has 0 N–H and O–H groups in total. The molecule has 0 aliphatic rings. The van der Waals surface area contributed by atoms with Crippen LogP contribution in [-0.4, -0.2) is 21.3 Å². The molecule has 0 unspecified atom stereocenters. The number of carbonyl (C=O) groups excluding carboxylic acids is 2. The smallest absolute Gasteiger partial charge is 0.326 e. The van der Waals surface area contributed by atoms with Crippen molar-refractivity contribution in [2.75, 3.05) is 0 Å². The van der Waals surface area contributed by atoms with Gasteiger partial charge in [0, 0.05) is 12.6 Å². The largest absolute Gasteiger partial charge is 0.459 e. The first-order chi connectivity index (χ1) is 10.6. The molecule has 1 heterocycles. The number of imidazole rings is 1. The summed E-state index contributed by atoms with van der Waals surface area (Å²) in [5, 5.41) is 0. The predicted octanol–water partition coefficient (Wildman–Crippen LogP) is 2.54. The normalized spacial score (nSPS) is 10.4. The second-order valence-electron chi connectivity index (χ2n) is 5.24. The number of carbonyl (C=O) groups is 2. The molecule has 1 aromatic carbocycles. The third-order valence-corrected chi connectivity index (χ3v) is 3.20. The van der Waals surface area contributed by atoms with E-state index in [1.165, 1.54) is 0 Å². The summed E-state index contributed by atoms with van der Waals surface area (Å²) in [7, 11) is 0. The Hall–Kier alpha value is -2.43. The Morgan fingerprint density at radius 1 is 1.23 bits per heavy atom. The fourth-order valence-corrected chi connectivity index (χ4v) is 2.07. The standard InChI is InChI=1S/C17H20N2O3/c1-14(20)6-5-9-16-10-19(13-18-16)11-17(21)22-12-15-7-3-2-4-8-15/h2-4,7-8,10,13H,5-6,9,11-12H2,1H3. The second-order valence-corrected chi connectivity index (χ2v) is 5.24. The summed E-state index contributed by atoms with van der Waals surface area (Å²) in [6.07, 6.45) is 5.53. The van der Waals surface area contributed by atoms with Crippen LogP contribution in [0.25, 0.3) is 0 Å². The molecule has 0 amide bonds. The van der Waals surface area contributed by atoms with E-state index in [0.717, 1.165) is 24.1 Å². The fourth-order valence-electron chi connectivity index (χ4n) is 2.07. The number of aryl methyl sites for hydroxylation is 1. The first kappa shape index (κ1) is 15.9. The Balaban J connectivity index is 1.75. The SMILES string of the molecule is CC(=O)CCCc1cn(CC(=O)OCc2ccccc2)cn1. The molecule has 0 aliphatic carbocycles. The van der Waals surface area contributed by atoms with Crippen molar-refractivity contribution in [1.82, 2.24) is 9.55 Å². The lowest BCUT2D eigenvalue weighted by atomic mass is 10.1. The van der Waals surface area contributed by atoms with Gasteiger partial charge in [-0.25, -0.2) is 4.98 Å². The van der Waals surface area contributed by atoms with Gasteiger partial charge in [-0.2, -0.15) is 0 Å². The van der Waals surface area contributed by atoms with Crippen molar-refractivity contribution in [3.05, 3.63) is 54.1 Å². The Bertz CT molecular complexity index is 620. The predicted molar refractivity (Wildman–Crippen MR) is 82.1 cm³/mol. The van der Waals surface area contributed by atoms with Gasteiger partial charge in [0.25, 0.3) is 0 Å². The van der Waals surface area contributed by atoms with Crippen LogP contribution in [0.1, 0.15) is 31.0 Å². The van der Waals surface area contributed by atoms with Gasteiger partial charge in [-0.1, -0.05) is 30.3 Å². The number of esters is 1. The maximum atomic E-state index is 11.8. The third kappa shape index (κ3) is 5.52. The lowest BCUT2D eigenvalue weighted by Crippen LogP contribution is -2.12. The van der Waals surface area contributed by atoms with Crippen molar-refractivity contribution >= 4 is 11.8 Å². The second kappa shape index (κ2) is 8.12. The summed E-state index contributed by atoms with van der Waals surface area (Å²) in [6.45, 7) is 2.01. The van der Waals surface area contributed by atoms with Gasteiger partial charge in [-0.05, 0) is 25.3 Å². The zero-order chi connectivity index (χ0) is 15.8. The summed E-state index contributed by atoms with van der Waals surface area (Å²) in [5.41, 5.74) is 1.85. The van der Waals surface area contributed by atoms with Crippen LogP contribution in [0.15, 0.2) is 42.9 Å². The van der Waals surface area contributed by atoms with E-state index in [-0.39, 0.29) is 24.9 Å². The average Bonchev–Trinajstić information content (AvgIpc) is 2.93. The zero-order valence-electron chi connectivity index (χ0n) is 12.7. The van der Waals surface area contributed by atoms with E-state index in [9.17, 15) is 9.59 Å². The van der Waals surface area contributed by atoms with Gasteiger partial charge in [0.05, 0.1) is 12.0 Å². The number of nitrogens with zero attached hydrogens (tertiary/aromatic N) is 2. The van der Waals surface area contributed by atoms with Gasteiger partial charge < -0.3 is 14.1 Å². The van der Waals surface area contributed by atoms with Gasteiger partial charge in [0.2, 0.25) is 0 Å². The number of rotatable bonds is 8. The van der Waals surface area contributed by atoms with Crippen molar-refractivity contribution in [2.45, 2.75) is 39.3 Å². The Kier molecular flexibility index (Phi) is 5.89. The Morgan fingerprint density at radius 3 is 2.73 bits per heavy atom. The molecule has 0 atom stereocenters. The van der Waals surface area contributed by atoms with Crippen LogP contribution in [-0.2, 0) is 33.9 Å². The monoisotopic (exact) mass is 300 g/mol. The lowest BCUT2D eigenvalue weighted by molar-refractivity contribution is -0.145. The van der Waals surface area contributed by atoms with E-state index in [4.69, 9.17) is 4.74 Å². The van der Waals surface area contributed by atoms with E-state index in [2.05, 4.69) is 4.98 Å². The summed E-state index contributed by atoms with van der Waals surface area (Å²) in [5.74, 6) is -0.111. The van der Waals surface area contributed by atoms with E-state index >= 15 is 0 Å². The van der Waals surface area contributed by atoms with Crippen LogP contribution in [0.4, 0.5) is 0 Å². The Labute approximate surface area is 129 Å². The molecule has 0 fully saturated rings. The van der Waals surface area contributed by atoms with Crippen molar-refractivity contribution in [3.8, 4) is 0 Å². The molecule has 22 heavy (non-hydrogen) atoms. The van der Waals surface area contributed by atoms with Gasteiger partial charge >= 0.3 is 5.97 Å². The Morgan fingerprint density at radius 2 is 2.00 bits per heavy atom. The molecule has 0 aliphatic heterocycles. The number of Topliss-reactive ketones (excluding diaryl/α,β-unsaturated/α-hetero) is 1. The summed E-state index contributed by atoms with van der Waals surface area (Å²) in [4.78, 5) is 26.9. The minimum atomic E-state index is -0.295. The minimum Gasteiger partial charge on any atom is -0.459 e. The van der Waals surface area contributed by atoms with Crippen LogP contribution >= 0.6 is 0 Å². The van der Waals surface area contributed by atoms with Crippen molar-refractivity contribution in [3.63, 3.8) is 0 Å². The molecule has 0 saturated heterocycles. The summed E-state index contributed by atoms with van der Waals surface area (Å²) < 4.78 is 6.93. The quantitative estimate of drug-likeness (QED) is 0.703. The van der Waals surface area contributed by atoms with Crippen LogP contribution in [0.3, 0.4) is 0 Å². The van der Waals surface area contributed by atoms with Crippen LogP contribution < -0.4 is 0 Å². The highest BCUT2D eigenvalue weighted by molar-refractivity contribution is 5.75. The highest BCUT2D eigenvalue weighted by Gasteiger charge is 2.06. The number of benzene rings is 1. The first-order valence-electron chi connectivity index (χ1n) is 7.33. The van der Waals surface area contributed by atoms with E-state index < -0.39 is 0 Å². The molecule has 2 rings (SSSR count). The van der Waals surface area contributed by atoms with Crippen LogP contribution in [0.2, 0.25) is 0 Å². The molecule has 116 valence electrons. The lowest BCUT2D eigenvalue weighted by Gasteiger charge is -2.05. The van der Waals surface area contributed by atoms with Crippen LogP contribution in [0, 0.1) is 0 Å². The zero-order valence-corrected chi connectivity index (χ0v) is 12.7. The molecular weight excluding hydrogens is 280 g/mol. The molecule has 2 aromatic rings. The van der Waals surface area contributed by atoms with Crippen molar-refractivity contribution in [2.24, 2.45) is 0 Å². The maximum Gasteiger partial charge on any atom is 0.326 e. The number of ketones is 1. The van der Waals surface area contributed by atoms with Crippen molar-refractivity contribution in [1.29, 1.82) is 0 Å². The van der Waals surface area contributed by atoms with E-state index in [1.807, 2.05) is 36.5 Å². The molecule has 0 radical (unpaired) electrons. The van der Waals surface area contributed by atoms with E-state index in [0.29, 0.717) is 6.42 Å². The fraction of sp³-hybridized carbons (Fsp3) is 0.353. The molecule has 5 heteroatoms. The van der Waals surface area contributed by atoms with Gasteiger partial charge in [-0.3, -0.25) is 4.79 Å². The maximum absolute atomic E-state index is 11.8. The molecule has 0 spiro atoms. The number of aromatic nitrogens is 2. The minimum absolute atomic E-state index is 0.145. The molecule has 1 aromatic heterocycles. The number of hydrogen-bond donors (Lipinski definition) is 0. The highest BCUT2D eigenvalue weighted by atomic mass is 16.5. The van der Waals surface area contributed by atoms with Crippen LogP contribution in [0.5, 0.6) is 0 Å².